The molecule has 0 saturated carbocycles. The quantitative estimate of drug-likeness (QED) is 0.850. The van der Waals surface area contributed by atoms with Crippen LogP contribution in [0.25, 0.3) is 0 Å². The van der Waals surface area contributed by atoms with Gasteiger partial charge in [0, 0.05) is 24.7 Å². The van der Waals surface area contributed by atoms with Gasteiger partial charge in [-0.2, -0.15) is 4.31 Å². The smallest absolute Gasteiger partial charge is 0.251 e. The van der Waals surface area contributed by atoms with Crippen molar-refractivity contribution >= 4 is 15.9 Å². The number of hydrogen-bond acceptors (Lipinski definition) is 4. The molecule has 2 aliphatic rings. The molecule has 0 unspecified atom stereocenters. The van der Waals surface area contributed by atoms with Crippen LogP contribution >= 0.6 is 0 Å². The van der Waals surface area contributed by atoms with Gasteiger partial charge in [-0.3, -0.25) is 4.79 Å². The molecule has 2 fully saturated rings. The highest BCUT2D eigenvalue weighted by atomic mass is 32.2. The molecule has 0 aromatic heterocycles. The SMILES string of the molecule is Cc1ccc(S(=O)(=O)N2CCCCC2)cc1C(=O)NC1CCNCC1. The van der Waals surface area contributed by atoms with Crippen LogP contribution in [0.15, 0.2) is 23.1 Å². The van der Waals surface area contributed by atoms with Crippen LogP contribution in [0.4, 0.5) is 0 Å². The Morgan fingerprint density at radius 2 is 1.84 bits per heavy atom. The van der Waals surface area contributed by atoms with E-state index in [1.807, 2.05) is 6.92 Å². The van der Waals surface area contributed by atoms with Crippen LogP contribution in [0, 0.1) is 6.92 Å². The maximum atomic E-state index is 12.8. The predicted octanol–water partition coefficient (Wildman–Crippen LogP) is 1.65. The first kappa shape index (κ1) is 18.4. The summed E-state index contributed by atoms with van der Waals surface area (Å²) < 4.78 is 27.2. The fourth-order valence-electron chi connectivity index (χ4n) is 3.49. The van der Waals surface area contributed by atoms with E-state index in [-0.39, 0.29) is 16.8 Å². The molecule has 1 amide bonds. The van der Waals surface area contributed by atoms with E-state index >= 15 is 0 Å². The van der Waals surface area contributed by atoms with Crippen LogP contribution in [-0.2, 0) is 10.0 Å². The largest absolute Gasteiger partial charge is 0.349 e. The standard InChI is InChI=1S/C18H27N3O3S/c1-14-5-6-16(25(23,24)21-11-3-2-4-12-21)13-17(14)18(22)20-15-7-9-19-10-8-15/h5-6,13,15,19H,2-4,7-12H2,1H3,(H,20,22). The van der Waals surface area contributed by atoms with Gasteiger partial charge in [-0.1, -0.05) is 12.5 Å². The molecule has 0 spiro atoms. The summed E-state index contributed by atoms with van der Waals surface area (Å²) >= 11 is 0. The van der Waals surface area contributed by atoms with Gasteiger partial charge in [-0.25, -0.2) is 8.42 Å². The number of sulfonamides is 1. The molecule has 2 aliphatic heterocycles. The van der Waals surface area contributed by atoms with E-state index in [0.29, 0.717) is 18.7 Å². The van der Waals surface area contributed by atoms with Crippen LogP contribution in [-0.4, -0.2) is 50.9 Å². The number of nitrogens with zero attached hydrogens (tertiary/aromatic N) is 1. The summed E-state index contributed by atoms with van der Waals surface area (Å²) in [5.74, 6) is -0.180. The Bertz CT molecular complexity index is 721. The van der Waals surface area contributed by atoms with Gasteiger partial charge < -0.3 is 10.6 Å². The van der Waals surface area contributed by atoms with Gasteiger partial charge in [-0.15, -0.1) is 0 Å². The first-order valence-corrected chi connectivity index (χ1v) is 10.5. The molecule has 1 aromatic rings. The average Bonchev–Trinajstić information content (AvgIpc) is 2.63. The van der Waals surface area contributed by atoms with Crippen molar-refractivity contribution in [2.75, 3.05) is 26.2 Å². The van der Waals surface area contributed by atoms with E-state index in [1.54, 1.807) is 12.1 Å². The van der Waals surface area contributed by atoms with Gasteiger partial charge in [0.25, 0.3) is 5.91 Å². The molecular weight excluding hydrogens is 338 g/mol. The molecule has 0 radical (unpaired) electrons. The Hall–Kier alpha value is -1.44. The fraction of sp³-hybridized carbons (Fsp3) is 0.611. The first-order chi connectivity index (χ1) is 12.0. The molecule has 3 rings (SSSR count). The lowest BCUT2D eigenvalue weighted by atomic mass is 10.0. The molecule has 2 saturated heterocycles. The highest BCUT2D eigenvalue weighted by molar-refractivity contribution is 7.89. The minimum absolute atomic E-state index is 0.149. The Kier molecular flexibility index (Phi) is 5.76. The summed E-state index contributed by atoms with van der Waals surface area (Å²) in [6.07, 6.45) is 4.67. The van der Waals surface area contributed by atoms with Crippen LogP contribution in [0.5, 0.6) is 0 Å². The molecule has 0 atom stereocenters. The van der Waals surface area contributed by atoms with E-state index in [1.165, 1.54) is 10.4 Å². The van der Waals surface area contributed by atoms with Crippen LogP contribution < -0.4 is 10.6 Å². The molecule has 25 heavy (non-hydrogen) atoms. The fourth-order valence-corrected chi connectivity index (χ4v) is 5.03. The number of rotatable bonds is 4. The van der Waals surface area contributed by atoms with E-state index in [0.717, 1.165) is 50.8 Å². The summed E-state index contributed by atoms with van der Waals surface area (Å²) in [7, 11) is -3.52. The summed E-state index contributed by atoms with van der Waals surface area (Å²) in [5, 5.41) is 6.32. The number of amides is 1. The van der Waals surface area contributed by atoms with Crippen molar-refractivity contribution in [1.29, 1.82) is 0 Å². The zero-order valence-corrected chi connectivity index (χ0v) is 15.6. The van der Waals surface area contributed by atoms with Crippen molar-refractivity contribution in [2.45, 2.75) is 50.0 Å². The van der Waals surface area contributed by atoms with E-state index in [2.05, 4.69) is 10.6 Å². The van der Waals surface area contributed by atoms with Crippen molar-refractivity contribution < 1.29 is 13.2 Å². The number of nitrogens with one attached hydrogen (secondary N) is 2. The molecule has 7 heteroatoms. The lowest BCUT2D eigenvalue weighted by molar-refractivity contribution is 0.0928. The van der Waals surface area contributed by atoms with Crippen molar-refractivity contribution in [3.8, 4) is 0 Å². The van der Waals surface area contributed by atoms with Crippen LogP contribution in [0.3, 0.4) is 0 Å². The predicted molar refractivity (Wildman–Crippen MR) is 97.1 cm³/mol. The number of carbonyl (C=O) groups is 1. The zero-order chi connectivity index (χ0) is 17.9. The first-order valence-electron chi connectivity index (χ1n) is 9.11. The van der Waals surface area contributed by atoms with Gasteiger partial charge in [-0.05, 0) is 63.4 Å². The normalized spacial score (nSPS) is 20.4. The highest BCUT2D eigenvalue weighted by Gasteiger charge is 2.27. The van der Waals surface area contributed by atoms with Crippen LogP contribution in [0.1, 0.15) is 48.0 Å². The average molecular weight is 365 g/mol. The lowest BCUT2D eigenvalue weighted by Crippen LogP contribution is -2.43. The van der Waals surface area contributed by atoms with Gasteiger partial charge >= 0.3 is 0 Å². The molecule has 0 bridgehead atoms. The topological polar surface area (TPSA) is 78.5 Å². The van der Waals surface area contributed by atoms with Gasteiger partial charge in [0.15, 0.2) is 0 Å². The molecule has 2 N–H and O–H groups in total. The Balaban J connectivity index is 1.80. The second kappa shape index (κ2) is 7.85. The maximum Gasteiger partial charge on any atom is 0.251 e. The van der Waals surface area contributed by atoms with Crippen molar-refractivity contribution in [1.82, 2.24) is 14.9 Å². The van der Waals surface area contributed by atoms with Gasteiger partial charge in [0.05, 0.1) is 4.90 Å². The van der Waals surface area contributed by atoms with Crippen molar-refractivity contribution in [3.63, 3.8) is 0 Å². The Morgan fingerprint density at radius 1 is 1.16 bits per heavy atom. The van der Waals surface area contributed by atoms with Crippen LogP contribution in [0.2, 0.25) is 0 Å². The van der Waals surface area contributed by atoms with Gasteiger partial charge in [0.2, 0.25) is 10.0 Å². The molecule has 6 nitrogen and oxygen atoms in total. The second-order valence-electron chi connectivity index (χ2n) is 6.94. The van der Waals surface area contributed by atoms with Crippen molar-refractivity contribution in [2.24, 2.45) is 0 Å². The molecule has 138 valence electrons. The Morgan fingerprint density at radius 3 is 2.52 bits per heavy atom. The summed E-state index contributed by atoms with van der Waals surface area (Å²) in [6.45, 7) is 4.76. The molecule has 2 heterocycles. The summed E-state index contributed by atoms with van der Waals surface area (Å²) in [6, 6.07) is 5.03. The third-order valence-electron chi connectivity index (χ3n) is 5.08. The third kappa shape index (κ3) is 4.22. The maximum absolute atomic E-state index is 12.8. The monoisotopic (exact) mass is 365 g/mol. The number of carbonyl (C=O) groups excluding carboxylic acids is 1. The number of piperidine rings is 2. The Labute approximate surface area is 150 Å². The van der Waals surface area contributed by atoms with Crippen molar-refractivity contribution in [3.05, 3.63) is 29.3 Å². The second-order valence-corrected chi connectivity index (χ2v) is 8.88. The van der Waals surface area contributed by atoms with E-state index < -0.39 is 10.0 Å². The summed E-state index contributed by atoms with van der Waals surface area (Å²) in [5.41, 5.74) is 1.25. The zero-order valence-electron chi connectivity index (χ0n) is 14.8. The summed E-state index contributed by atoms with van der Waals surface area (Å²) in [4.78, 5) is 12.9. The molecule has 0 aliphatic carbocycles. The minimum atomic E-state index is -3.52. The van der Waals surface area contributed by atoms with Gasteiger partial charge in [0.1, 0.15) is 0 Å². The number of hydrogen-bond donors (Lipinski definition) is 2. The molecular formula is C18H27N3O3S. The highest BCUT2D eigenvalue weighted by Crippen LogP contribution is 2.23. The minimum Gasteiger partial charge on any atom is -0.349 e. The third-order valence-corrected chi connectivity index (χ3v) is 6.98. The number of aryl methyl sites for hydroxylation is 1. The lowest BCUT2D eigenvalue weighted by Gasteiger charge is -2.26. The van der Waals surface area contributed by atoms with E-state index in [4.69, 9.17) is 0 Å². The number of benzene rings is 1. The van der Waals surface area contributed by atoms with E-state index in [9.17, 15) is 13.2 Å². The molecule has 1 aromatic carbocycles.